The normalized spacial score (nSPS) is 17.8. The van der Waals surface area contributed by atoms with Crippen LogP contribution in [0.25, 0.3) is 16.7 Å². The van der Waals surface area contributed by atoms with Crippen molar-refractivity contribution < 1.29 is 13.6 Å². The van der Waals surface area contributed by atoms with Crippen molar-refractivity contribution in [3.63, 3.8) is 0 Å². The van der Waals surface area contributed by atoms with Crippen molar-refractivity contribution in [3.05, 3.63) is 41.7 Å². The molecule has 1 N–H and O–H groups in total. The molecule has 5 rings (SSSR count). The largest absolute Gasteiger partial charge is 0.358 e. The molecule has 7 nitrogen and oxygen atoms in total. The Kier molecular flexibility index (Phi) is 4.09. The SMILES string of the molecule is O=C(Nc1ccc(Cl)c(-n2cc3cc(N4CC(F)(F)C4)cnc3n2)c1)N1CCC1. The number of nitrogens with one attached hydrogen (secondary N) is 1. The predicted molar refractivity (Wildman–Crippen MR) is 106 cm³/mol. The topological polar surface area (TPSA) is 66.3 Å². The molecule has 0 radical (unpaired) electrons. The van der Waals surface area contributed by atoms with E-state index in [2.05, 4.69) is 15.4 Å². The van der Waals surface area contributed by atoms with Gasteiger partial charge in [0, 0.05) is 30.4 Å². The number of urea groups is 1. The average Bonchev–Trinajstić information content (AvgIpc) is 3.02. The van der Waals surface area contributed by atoms with Gasteiger partial charge in [0.1, 0.15) is 0 Å². The summed E-state index contributed by atoms with van der Waals surface area (Å²) in [5.41, 5.74) is 2.30. The Morgan fingerprint density at radius 2 is 2.00 bits per heavy atom. The summed E-state index contributed by atoms with van der Waals surface area (Å²) in [5, 5.41) is 8.46. The molecule has 0 aliphatic carbocycles. The average molecular weight is 419 g/mol. The Hall–Kier alpha value is -2.94. The number of amides is 2. The number of aromatic nitrogens is 3. The smallest absolute Gasteiger partial charge is 0.321 e. The van der Waals surface area contributed by atoms with Crippen LogP contribution in [0.5, 0.6) is 0 Å². The van der Waals surface area contributed by atoms with Crippen molar-refractivity contribution in [3.8, 4) is 5.69 Å². The van der Waals surface area contributed by atoms with Gasteiger partial charge >= 0.3 is 6.03 Å². The molecule has 0 atom stereocenters. The maximum Gasteiger partial charge on any atom is 0.321 e. The Bertz CT molecular complexity index is 1110. The number of hydrogen-bond acceptors (Lipinski definition) is 4. The number of carbonyl (C=O) groups excluding carboxylic acids is 1. The van der Waals surface area contributed by atoms with Crippen LogP contribution < -0.4 is 10.2 Å². The van der Waals surface area contributed by atoms with E-state index < -0.39 is 5.92 Å². The van der Waals surface area contributed by atoms with E-state index in [1.165, 1.54) is 0 Å². The highest BCUT2D eigenvalue weighted by Crippen LogP contribution is 2.33. The van der Waals surface area contributed by atoms with E-state index in [0.717, 1.165) is 19.5 Å². The van der Waals surface area contributed by atoms with Crippen LogP contribution in [0.4, 0.5) is 25.0 Å². The van der Waals surface area contributed by atoms with E-state index in [1.54, 1.807) is 51.1 Å². The molecule has 2 fully saturated rings. The van der Waals surface area contributed by atoms with Crippen LogP contribution in [-0.4, -0.2) is 57.8 Å². The van der Waals surface area contributed by atoms with Crippen LogP contribution in [0.1, 0.15) is 6.42 Å². The van der Waals surface area contributed by atoms with Gasteiger partial charge in [-0.05, 0) is 30.7 Å². The van der Waals surface area contributed by atoms with Crippen molar-refractivity contribution in [2.24, 2.45) is 0 Å². The number of likely N-dealkylation sites (tertiary alicyclic amines) is 1. The summed E-state index contributed by atoms with van der Waals surface area (Å²) >= 11 is 6.34. The van der Waals surface area contributed by atoms with Gasteiger partial charge in [0.05, 0.1) is 35.7 Å². The highest BCUT2D eigenvalue weighted by atomic mass is 35.5. The summed E-state index contributed by atoms with van der Waals surface area (Å²) in [6.45, 7) is 0.902. The second-order valence-electron chi connectivity index (χ2n) is 7.33. The van der Waals surface area contributed by atoms with E-state index >= 15 is 0 Å². The summed E-state index contributed by atoms with van der Waals surface area (Å²) in [4.78, 5) is 19.7. The minimum Gasteiger partial charge on any atom is -0.358 e. The molecule has 2 aliphatic heterocycles. The van der Waals surface area contributed by atoms with Crippen LogP contribution in [0.3, 0.4) is 0 Å². The highest BCUT2D eigenvalue weighted by Gasteiger charge is 2.44. The summed E-state index contributed by atoms with van der Waals surface area (Å²) in [5.74, 6) is -2.65. The molecule has 0 unspecified atom stereocenters. The van der Waals surface area contributed by atoms with Gasteiger partial charge in [-0.2, -0.15) is 0 Å². The van der Waals surface area contributed by atoms with Crippen LogP contribution in [0, 0.1) is 0 Å². The molecular formula is C19H17ClF2N6O. The molecule has 2 aliphatic rings. The molecule has 2 amide bonds. The number of rotatable bonds is 3. The quantitative estimate of drug-likeness (QED) is 0.703. The fourth-order valence-electron chi connectivity index (χ4n) is 3.38. The van der Waals surface area contributed by atoms with Crippen molar-refractivity contribution in [1.29, 1.82) is 0 Å². The number of carbonyl (C=O) groups is 1. The molecule has 2 saturated heterocycles. The maximum absolute atomic E-state index is 13.1. The number of benzene rings is 1. The number of hydrogen-bond donors (Lipinski definition) is 1. The Morgan fingerprint density at radius 1 is 1.21 bits per heavy atom. The van der Waals surface area contributed by atoms with Crippen molar-refractivity contribution in [1.82, 2.24) is 19.7 Å². The van der Waals surface area contributed by atoms with Crippen LogP contribution in [0.2, 0.25) is 5.02 Å². The first-order valence-electron chi connectivity index (χ1n) is 9.22. The minimum atomic E-state index is -2.65. The molecule has 0 bridgehead atoms. The third kappa shape index (κ3) is 3.35. The summed E-state index contributed by atoms with van der Waals surface area (Å²) in [6, 6.07) is 6.80. The lowest BCUT2D eigenvalue weighted by Gasteiger charge is -2.40. The molecule has 150 valence electrons. The van der Waals surface area contributed by atoms with Crippen LogP contribution in [-0.2, 0) is 0 Å². The predicted octanol–water partition coefficient (Wildman–Crippen LogP) is 3.77. The number of anilines is 2. The number of fused-ring (bicyclic) bond motifs is 1. The summed E-state index contributed by atoms with van der Waals surface area (Å²) in [6.07, 6.45) is 4.30. The molecule has 4 heterocycles. The van der Waals surface area contributed by atoms with Gasteiger partial charge in [0.15, 0.2) is 5.65 Å². The monoisotopic (exact) mass is 418 g/mol. The van der Waals surface area contributed by atoms with E-state index in [9.17, 15) is 13.6 Å². The summed E-state index contributed by atoms with van der Waals surface area (Å²) < 4.78 is 27.8. The van der Waals surface area contributed by atoms with Gasteiger partial charge in [-0.25, -0.2) is 23.2 Å². The number of alkyl halides is 2. The molecule has 29 heavy (non-hydrogen) atoms. The molecular weight excluding hydrogens is 402 g/mol. The number of nitrogens with zero attached hydrogens (tertiary/aromatic N) is 5. The van der Waals surface area contributed by atoms with Crippen molar-refractivity contribution in [2.75, 3.05) is 36.4 Å². The van der Waals surface area contributed by atoms with Crippen molar-refractivity contribution in [2.45, 2.75) is 12.3 Å². The van der Waals surface area contributed by atoms with Gasteiger partial charge in [0.2, 0.25) is 0 Å². The number of pyridine rings is 1. The standard InChI is InChI=1S/C19H17ClF2N6O/c20-15-3-2-13(24-18(29)26-4-1-5-26)7-16(15)28-9-12-6-14(8-23-17(12)25-28)27-10-19(21,22)11-27/h2-3,6-9H,1,4-5,10-11H2,(H,24,29). The molecule has 0 spiro atoms. The zero-order valence-electron chi connectivity index (χ0n) is 15.3. The van der Waals surface area contributed by atoms with Gasteiger partial charge in [-0.3, -0.25) is 0 Å². The second kappa shape index (κ2) is 6.55. The van der Waals surface area contributed by atoms with E-state index in [-0.39, 0.29) is 19.1 Å². The first-order valence-corrected chi connectivity index (χ1v) is 9.60. The maximum atomic E-state index is 13.1. The zero-order chi connectivity index (χ0) is 20.2. The van der Waals surface area contributed by atoms with E-state index in [4.69, 9.17) is 11.6 Å². The van der Waals surface area contributed by atoms with Gasteiger partial charge in [-0.1, -0.05) is 11.6 Å². The van der Waals surface area contributed by atoms with Crippen LogP contribution >= 0.6 is 11.6 Å². The highest BCUT2D eigenvalue weighted by molar-refractivity contribution is 6.32. The molecule has 10 heteroatoms. The Morgan fingerprint density at radius 3 is 2.69 bits per heavy atom. The molecule has 2 aromatic heterocycles. The van der Waals surface area contributed by atoms with E-state index in [1.807, 2.05) is 0 Å². The lowest BCUT2D eigenvalue weighted by atomic mass is 10.1. The Labute approximate surface area is 169 Å². The molecule has 1 aromatic carbocycles. The fourth-order valence-corrected chi connectivity index (χ4v) is 3.59. The van der Waals surface area contributed by atoms with Gasteiger partial charge in [0.25, 0.3) is 5.92 Å². The zero-order valence-corrected chi connectivity index (χ0v) is 16.0. The lowest BCUT2D eigenvalue weighted by molar-refractivity contribution is -0.0262. The molecule has 0 saturated carbocycles. The van der Waals surface area contributed by atoms with Crippen LogP contribution in [0.15, 0.2) is 36.7 Å². The third-order valence-corrected chi connectivity index (χ3v) is 5.46. The van der Waals surface area contributed by atoms with Crippen molar-refractivity contribution >= 4 is 40.0 Å². The number of halogens is 3. The lowest BCUT2D eigenvalue weighted by Crippen LogP contribution is -2.56. The first kappa shape index (κ1) is 18.1. The summed E-state index contributed by atoms with van der Waals surface area (Å²) in [7, 11) is 0. The Balaban J connectivity index is 1.42. The van der Waals surface area contributed by atoms with Gasteiger partial charge < -0.3 is 15.1 Å². The van der Waals surface area contributed by atoms with E-state index in [0.29, 0.717) is 33.1 Å². The second-order valence-corrected chi connectivity index (χ2v) is 7.74. The molecule has 3 aromatic rings. The fraction of sp³-hybridized carbons (Fsp3) is 0.316. The third-order valence-electron chi connectivity index (χ3n) is 5.14. The van der Waals surface area contributed by atoms with Gasteiger partial charge in [-0.15, -0.1) is 5.10 Å². The first-order chi connectivity index (χ1) is 13.9. The minimum absolute atomic E-state index is 0.146.